The van der Waals surface area contributed by atoms with Gasteiger partial charge >= 0.3 is 10.2 Å². The second kappa shape index (κ2) is 7.48. The third kappa shape index (κ3) is 5.07. The molecule has 2 rings (SSSR count). The second-order valence-electron chi connectivity index (χ2n) is 4.46. The Bertz CT molecular complexity index is 604. The molecule has 1 heterocycles. The van der Waals surface area contributed by atoms with Crippen LogP contribution in [0, 0.1) is 0 Å². The molecule has 0 radical (unpaired) electrons. The molecular formula is C12H19ClN4O3S. The van der Waals surface area contributed by atoms with Gasteiger partial charge < -0.3 is 10.1 Å². The van der Waals surface area contributed by atoms with E-state index in [9.17, 15) is 8.42 Å². The molecule has 7 nitrogen and oxygen atoms in total. The third-order valence-corrected chi connectivity index (χ3v) is 4.14. The quantitative estimate of drug-likeness (QED) is 0.802. The first-order valence-corrected chi connectivity index (χ1v) is 7.62. The Morgan fingerprint density at radius 2 is 2.19 bits per heavy atom. The number of hydrogen-bond acceptors (Lipinski definition) is 5. The van der Waals surface area contributed by atoms with Crippen LogP contribution in [0.3, 0.4) is 0 Å². The van der Waals surface area contributed by atoms with Crippen LogP contribution in [0.25, 0.3) is 0 Å². The summed E-state index contributed by atoms with van der Waals surface area (Å²) in [6.07, 6.45) is 0. The van der Waals surface area contributed by atoms with E-state index < -0.39 is 10.2 Å². The summed E-state index contributed by atoms with van der Waals surface area (Å²) in [4.78, 5) is 4.22. The fraction of sp³-hybridized carbons (Fsp3) is 0.417. The van der Waals surface area contributed by atoms with Crippen LogP contribution in [0.1, 0.15) is 0 Å². The van der Waals surface area contributed by atoms with Crippen molar-refractivity contribution in [1.82, 2.24) is 9.62 Å². The lowest BCUT2D eigenvalue weighted by molar-refractivity contribution is 0.374. The molecule has 0 fully saturated rings. The van der Waals surface area contributed by atoms with E-state index in [-0.39, 0.29) is 12.4 Å². The van der Waals surface area contributed by atoms with Gasteiger partial charge in [-0.2, -0.15) is 12.7 Å². The smallest absolute Gasteiger partial charge is 0.301 e. The van der Waals surface area contributed by atoms with E-state index in [2.05, 4.69) is 15.0 Å². The van der Waals surface area contributed by atoms with Gasteiger partial charge in [0.25, 0.3) is 0 Å². The number of nitrogens with zero attached hydrogens (tertiary/aromatic N) is 2. The van der Waals surface area contributed by atoms with Crippen molar-refractivity contribution in [2.24, 2.45) is 4.99 Å². The summed E-state index contributed by atoms with van der Waals surface area (Å²) in [6, 6.07) is 6.80. The summed E-state index contributed by atoms with van der Waals surface area (Å²) in [7, 11) is -0.577. The minimum absolute atomic E-state index is 0. The average Bonchev–Trinajstić information content (AvgIpc) is 2.89. The Morgan fingerprint density at radius 3 is 2.81 bits per heavy atom. The normalized spacial score (nSPS) is 14.1. The molecule has 1 aliphatic heterocycles. The summed E-state index contributed by atoms with van der Waals surface area (Å²) < 4.78 is 32.6. The highest BCUT2D eigenvalue weighted by atomic mass is 35.5. The summed E-state index contributed by atoms with van der Waals surface area (Å²) in [5, 5.41) is 3.10. The molecular weight excluding hydrogens is 316 g/mol. The van der Waals surface area contributed by atoms with E-state index in [0.717, 1.165) is 23.2 Å². The molecule has 0 unspecified atom stereocenters. The SMILES string of the molecule is CN(C)S(=O)(=O)Nc1cccc(OCC2=NCCN2)c1.Cl. The number of halogens is 1. The first kappa shape index (κ1) is 17.5. The molecule has 0 atom stereocenters. The number of ether oxygens (including phenoxy) is 1. The Labute approximate surface area is 131 Å². The number of benzene rings is 1. The molecule has 0 bridgehead atoms. The van der Waals surface area contributed by atoms with Crippen molar-refractivity contribution in [3.63, 3.8) is 0 Å². The Kier molecular flexibility index (Phi) is 6.25. The molecule has 0 amide bonds. The van der Waals surface area contributed by atoms with Crippen molar-refractivity contribution in [3.05, 3.63) is 24.3 Å². The van der Waals surface area contributed by atoms with Gasteiger partial charge in [0.15, 0.2) is 0 Å². The molecule has 0 spiro atoms. The van der Waals surface area contributed by atoms with Gasteiger partial charge in [-0.25, -0.2) is 0 Å². The van der Waals surface area contributed by atoms with E-state index >= 15 is 0 Å². The molecule has 21 heavy (non-hydrogen) atoms. The van der Waals surface area contributed by atoms with E-state index in [1.54, 1.807) is 24.3 Å². The molecule has 0 aromatic heterocycles. The Hall–Kier alpha value is -1.51. The molecule has 9 heteroatoms. The largest absolute Gasteiger partial charge is 0.486 e. The molecule has 118 valence electrons. The number of hydrogen-bond donors (Lipinski definition) is 2. The monoisotopic (exact) mass is 334 g/mol. The molecule has 2 N–H and O–H groups in total. The predicted molar refractivity (Wildman–Crippen MR) is 85.7 cm³/mol. The van der Waals surface area contributed by atoms with Gasteiger partial charge in [-0.1, -0.05) is 6.07 Å². The van der Waals surface area contributed by atoms with Gasteiger partial charge in [0.1, 0.15) is 18.2 Å². The van der Waals surface area contributed by atoms with Crippen LogP contribution in [0.2, 0.25) is 0 Å². The lowest BCUT2D eigenvalue weighted by atomic mass is 10.3. The highest BCUT2D eigenvalue weighted by Crippen LogP contribution is 2.18. The fourth-order valence-electron chi connectivity index (χ4n) is 1.58. The van der Waals surface area contributed by atoms with Crippen molar-refractivity contribution >= 4 is 34.1 Å². The number of rotatable bonds is 6. The summed E-state index contributed by atoms with van der Waals surface area (Å²) in [5.74, 6) is 1.39. The number of amidine groups is 1. The zero-order chi connectivity index (χ0) is 14.6. The highest BCUT2D eigenvalue weighted by molar-refractivity contribution is 7.90. The van der Waals surface area contributed by atoms with Crippen LogP contribution < -0.4 is 14.8 Å². The maximum absolute atomic E-state index is 11.7. The third-order valence-electron chi connectivity index (χ3n) is 2.68. The minimum atomic E-state index is -3.51. The van der Waals surface area contributed by atoms with Crippen LogP contribution in [-0.2, 0) is 10.2 Å². The van der Waals surface area contributed by atoms with Gasteiger partial charge in [-0.15, -0.1) is 12.4 Å². The minimum Gasteiger partial charge on any atom is -0.486 e. The van der Waals surface area contributed by atoms with Crippen molar-refractivity contribution in [3.8, 4) is 5.75 Å². The lowest BCUT2D eigenvalue weighted by Gasteiger charge is -2.14. The van der Waals surface area contributed by atoms with Crippen molar-refractivity contribution in [1.29, 1.82) is 0 Å². The maximum atomic E-state index is 11.7. The van der Waals surface area contributed by atoms with Crippen LogP contribution in [-0.4, -0.2) is 52.4 Å². The summed E-state index contributed by atoms with van der Waals surface area (Å²) in [6.45, 7) is 1.95. The van der Waals surface area contributed by atoms with Crippen molar-refractivity contribution in [2.45, 2.75) is 0 Å². The van der Waals surface area contributed by atoms with Crippen LogP contribution in [0.15, 0.2) is 29.3 Å². The van der Waals surface area contributed by atoms with Crippen LogP contribution >= 0.6 is 12.4 Å². The predicted octanol–water partition coefficient (Wildman–Crippen LogP) is 0.707. The molecule has 0 saturated carbocycles. The first-order chi connectivity index (χ1) is 9.47. The second-order valence-corrected chi connectivity index (χ2v) is 6.35. The van der Waals surface area contributed by atoms with E-state index in [1.807, 2.05) is 0 Å². The zero-order valence-corrected chi connectivity index (χ0v) is 13.5. The highest BCUT2D eigenvalue weighted by Gasteiger charge is 2.13. The van der Waals surface area contributed by atoms with E-state index in [1.165, 1.54) is 14.1 Å². The topological polar surface area (TPSA) is 83.0 Å². The lowest BCUT2D eigenvalue weighted by Crippen LogP contribution is -2.29. The zero-order valence-electron chi connectivity index (χ0n) is 11.9. The molecule has 1 aliphatic rings. The summed E-state index contributed by atoms with van der Waals surface area (Å²) >= 11 is 0. The average molecular weight is 335 g/mol. The first-order valence-electron chi connectivity index (χ1n) is 6.18. The van der Waals surface area contributed by atoms with E-state index in [4.69, 9.17) is 4.74 Å². The number of nitrogens with one attached hydrogen (secondary N) is 2. The number of aliphatic imine (C=N–C) groups is 1. The Morgan fingerprint density at radius 1 is 1.43 bits per heavy atom. The van der Waals surface area contributed by atoms with Gasteiger partial charge in [-0.05, 0) is 12.1 Å². The Balaban J connectivity index is 0.00000220. The van der Waals surface area contributed by atoms with Crippen LogP contribution in [0.4, 0.5) is 5.69 Å². The fourth-order valence-corrected chi connectivity index (χ4v) is 2.19. The molecule has 0 aliphatic carbocycles. The van der Waals surface area contributed by atoms with Gasteiger partial charge in [0, 0.05) is 26.7 Å². The van der Waals surface area contributed by atoms with Crippen molar-refractivity contribution in [2.75, 3.05) is 38.5 Å². The van der Waals surface area contributed by atoms with Crippen LogP contribution in [0.5, 0.6) is 5.75 Å². The number of anilines is 1. The van der Waals surface area contributed by atoms with Gasteiger partial charge in [-0.3, -0.25) is 9.71 Å². The van der Waals surface area contributed by atoms with Gasteiger partial charge in [0.05, 0.1) is 12.2 Å². The standard InChI is InChI=1S/C12H18N4O3S.ClH/c1-16(2)20(17,18)15-10-4-3-5-11(8-10)19-9-12-13-6-7-14-12;/h3-5,8,15H,6-7,9H2,1-2H3,(H,13,14);1H. The van der Waals surface area contributed by atoms with Crippen molar-refractivity contribution < 1.29 is 13.2 Å². The van der Waals surface area contributed by atoms with Gasteiger partial charge in [0.2, 0.25) is 0 Å². The molecule has 0 saturated heterocycles. The molecule has 1 aromatic rings. The molecule has 1 aromatic carbocycles. The summed E-state index contributed by atoms with van der Waals surface area (Å²) in [5.41, 5.74) is 0.456. The maximum Gasteiger partial charge on any atom is 0.301 e. The van der Waals surface area contributed by atoms with E-state index in [0.29, 0.717) is 18.0 Å².